The molecule has 0 aliphatic rings. The summed E-state index contributed by atoms with van der Waals surface area (Å²) in [6.45, 7) is 6.40. The van der Waals surface area contributed by atoms with Gasteiger partial charge >= 0.3 is 5.97 Å². The van der Waals surface area contributed by atoms with Crippen LogP contribution in [0.3, 0.4) is 0 Å². The van der Waals surface area contributed by atoms with Crippen LogP contribution in [0.2, 0.25) is 0 Å². The van der Waals surface area contributed by atoms with E-state index in [2.05, 4.69) is 61.6 Å². The predicted octanol–water partition coefficient (Wildman–Crippen LogP) is 4.75. The van der Waals surface area contributed by atoms with Crippen molar-refractivity contribution in [2.45, 2.75) is 38.4 Å². The molecule has 0 aromatic heterocycles. The number of hydrogen-bond acceptors (Lipinski definition) is 2. The summed E-state index contributed by atoms with van der Waals surface area (Å²) in [4.78, 5) is 11.6. The van der Waals surface area contributed by atoms with E-state index in [0.717, 1.165) is 9.81 Å². The van der Waals surface area contributed by atoms with E-state index >= 15 is 0 Å². The van der Waals surface area contributed by atoms with E-state index < -0.39 is 0 Å². The van der Waals surface area contributed by atoms with Crippen LogP contribution >= 0.6 is 47.8 Å². The van der Waals surface area contributed by atoms with Crippen molar-refractivity contribution in [3.05, 3.63) is 9.47 Å². The van der Waals surface area contributed by atoms with Gasteiger partial charge in [0.05, 0.1) is 16.4 Å². The summed E-state index contributed by atoms with van der Waals surface area (Å²) in [5.74, 6) is -0.143. The molecule has 0 N–H and O–H groups in total. The Kier molecular flexibility index (Phi) is 8.20. The third-order valence-electron chi connectivity index (χ3n) is 2.60. The van der Waals surface area contributed by atoms with Crippen molar-refractivity contribution in [3.8, 4) is 0 Å². The van der Waals surface area contributed by atoms with E-state index in [0.29, 0.717) is 13.0 Å². The molecule has 0 radical (unpaired) electrons. The number of carbonyl (C=O) groups is 1. The summed E-state index contributed by atoms with van der Waals surface area (Å²) in [6, 6.07) is 0. The lowest BCUT2D eigenvalue weighted by Gasteiger charge is -2.30. The number of rotatable bonds is 6. The van der Waals surface area contributed by atoms with Gasteiger partial charge in [-0.25, -0.2) is 0 Å². The molecule has 2 atom stereocenters. The van der Waals surface area contributed by atoms with E-state index in [1.54, 1.807) is 0 Å². The Morgan fingerprint density at radius 2 is 2.00 bits per heavy atom. The molecule has 0 bridgehead atoms. The van der Waals surface area contributed by atoms with Gasteiger partial charge in [0, 0.05) is 4.83 Å². The molecule has 0 heterocycles. The molecule has 0 rings (SSSR count). The lowest BCUT2D eigenvalue weighted by molar-refractivity contribution is -0.145. The summed E-state index contributed by atoms with van der Waals surface area (Å²) >= 11 is 10.2. The molecule has 0 spiro atoms. The van der Waals surface area contributed by atoms with Gasteiger partial charge in [0.25, 0.3) is 0 Å². The molecule has 94 valence electrons. The Labute approximate surface area is 123 Å². The molecule has 0 saturated heterocycles. The molecule has 5 heteroatoms. The zero-order valence-corrected chi connectivity index (χ0v) is 14.5. The summed E-state index contributed by atoms with van der Waals surface area (Å²) in [5.41, 5.74) is -0.140. The lowest BCUT2D eigenvalue weighted by Crippen LogP contribution is -2.29. The standard InChI is InChI=1S/C11H17Br3O2/c1-4-11(3,7-10(15)16-5-2)8(12)6-9(13)14/h6,8H,4-5,7H2,1-3H3. The number of esters is 1. The maximum absolute atomic E-state index is 11.5. The molecule has 0 aliphatic heterocycles. The van der Waals surface area contributed by atoms with Crippen LogP contribution in [0, 0.1) is 5.41 Å². The van der Waals surface area contributed by atoms with Gasteiger partial charge in [-0.05, 0) is 56.7 Å². The number of alkyl halides is 1. The highest BCUT2D eigenvalue weighted by Gasteiger charge is 2.32. The van der Waals surface area contributed by atoms with Crippen LogP contribution in [0.4, 0.5) is 0 Å². The van der Waals surface area contributed by atoms with Gasteiger partial charge in [0.2, 0.25) is 0 Å². The molecule has 2 unspecified atom stereocenters. The first-order chi connectivity index (χ1) is 7.35. The van der Waals surface area contributed by atoms with Crippen LogP contribution in [-0.4, -0.2) is 17.4 Å². The average Bonchev–Trinajstić information content (AvgIpc) is 2.16. The lowest BCUT2D eigenvalue weighted by atomic mass is 9.81. The van der Waals surface area contributed by atoms with E-state index in [1.807, 2.05) is 13.0 Å². The molecule has 0 fully saturated rings. The minimum atomic E-state index is -0.143. The molecular formula is C11H17Br3O2. The monoisotopic (exact) mass is 418 g/mol. The third kappa shape index (κ3) is 5.82. The fourth-order valence-electron chi connectivity index (χ4n) is 1.27. The van der Waals surface area contributed by atoms with Gasteiger partial charge in [-0.1, -0.05) is 29.8 Å². The van der Waals surface area contributed by atoms with Crippen molar-refractivity contribution in [3.63, 3.8) is 0 Å². The SMILES string of the molecule is CCOC(=O)CC(C)(CC)C(Br)C=C(Br)Br. The predicted molar refractivity (Wildman–Crippen MR) is 78.3 cm³/mol. The van der Waals surface area contributed by atoms with Gasteiger partial charge in [0.1, 0.15) is 0 Å². The van der Waals surface area contributed by atoms with Gasteiger partial charge < -0.3 is 4.74 Å². The fourth-order valence-corrected chi connectivity index (χ4v) is 3.26. The van der Waals surface area contributed by atoms with Crippen molar-refractivity contribution >= 4 is 53.8 Å². The van der Waals surface area contributed by atoms with Gasteiger partial charge in [-0.3, -0.25) is 4.79 Å². The van der Waals surface area contributed by atoms with E-state index in [1.165, 1.54) is 0 Å². The summed E-state index contributed by atoms with van der Waals surface area (Å²) < 4.78 is 5.87. The van der Waals surface area contributed by atoms with E-state index in [4.69, 9.17) is 4.74 Å². The first kappa shape index (κ1) is 16.6. The van der Waals surface area contributed by atoms with Crippen molar-refractivity contribution in [1.29, 1.82) is 0 Å². The highest BCUT2D eigenvalue weighted by Crippen LogP contribution is 2.37. The summed E-state index contributed by atoms with van der Waals surface area (Å²) in [7, 11) is 0. The smallest absolute Gasteiger partial charge is 0.306 e. The minimum Gasteiger partial charge on any atom is -0.466 e. The Balaban J connectivity index is 4.64. The molecule has 2 nitrogen and oxygen atoms in total. The summed E-state index contributed by atoms with van der Waals surface area (Å²) in [5, 5.41) is 0. The molecule has 0 amide bonds. The fraction of sp³-hybridized carbons (Fsp3) is 0.727. The van der Waals surface area contributed by atoms with Crippen LogP contribution in [0.25, 0.3) is 0 Å². The average molecular weight is 421 g/mol. The maximum Gasteiger partial charge on any atom is 0.306 e. The molecule has 16 heavy (non-hydrogen) atoms. The zero-order valence-electron chi connectivity index (χ0n) is 9.73. The first-order valence-electron chi connectivity index (χ1n) is 5.18. The number of ether oxygens (including phenoxy) is 1. The zero-order chi connectivity index (χ0) is 12.8. The van der Waals surface area contributed by atoms with Gasteiger partial charge in [0.15, 0.2) is 0 Å². The topological polar surface area (TPSA) is 26.3 Å². The van der Waals surface area contributed by atoms with E-state index in [9.17, 15) is 4.79 Å². The third-order valence-corrected chi connectivity index (χ3v) is 4.50. The van der Waals surface area contributed by atoms with E-state index in [-0.39, 0.29) is 16.2 Å². The van der Waals surface area contributed by atoms with Crippen LogP contribution in [0.5, 0.6) is 0 Å². The first-order valence-corrected chi connectivity index (χ1v) is 7.68. The molecule has 0 aromatic carbocycles. The molecule has 0 aromatic rings. The molecule has 0 saturated carbocycles. The maximum atomic E-state index is 11.5. The van der Waals surface area contributed by atoms with Crippen LogP contribution in [-0.2, 0) is 9.53 Å². The number of hydrogen-bond donors (Lipinski definition) is 0. The highest BCUT2D eigenvalue weighted by molar-refractivity contribution is 9.28. The number of allylic oxidation sites excluding steroid dienone is 1. The number of carbonyl (C=O) groups excluding carboxylic acids is 1. The van der Waals surface area contributed by atoms with Gasteiger partial charge in [-0.15, -0.1) is 0 Å². The van der Waals surface area contributed by atoms with Crippen LogP contribution in [0.1, 0.15) is 33.6 Å². The second kappa shape index (κ2) is 7.88. The molecule has 0 aliphatic carbocycles. The normalized spacial score (nSPS) is 16.1. The second-order valence-corrected chi connectivity index (χ2v) is 7.61. The molecular weight excluding hydrogens is 404 g/mol. The van der Waals surface area contributed by atoms with Crippen molar-refractivity contribution < 1.29 is 9.53 Å². The van der Waals surface area contributed by atoms with Crippen LogP contribution in [0.15, 0.2) is 9.47 Å². The summed E-state index contributed by atoms with van der Waals surface area (Å²) in [6.07, 6.45) is 3.30. The Morgan fingerprint density at radius 1 is 1.44 bits per heavy atom. The van der Waals surface area contributed by atoms with Crippen molar-refractivity contribution in [2.75, 3.05) is 6.61 Å². The Hall–Kier alpha value is 0.650. The van der Waals surface area contributed by atoms with Crippen molar-refractivity contribution in [2.24, 2.45) is 5.41 Å². The second-order valence-electron chi connectivity index (χ2n) is 3.85. The Morgan fingerprint density at radius 3 is 2.38 bits per heavy atom. The number of halogens is 3. The van der Waals surface area contributed by atoms with Crippen LogP contribution < -0.4 is 0 Å². The highest BCUT2D eigenvalue weighted by atomic mass is 79.9. The Bertz CT molecular complexity index is 262. The quantitative estimate of drug-likeness (QED) is 0.458. The van der Waals surface area contributed by atoms with Gasteiger partial charge in [-0.2, -0.15) is 0 Å². The largest absolute Gasteiger partial charge is 0.466 e. The minimum absolute atomic E-state index is 0.114. The van der Waals surface area contributed by atoms with Crippen molar-refractivity contribution in [1.82, 2.24) is 0 Å².